The highest BCUT2D eigenvalue weighted by molar-refractivity contribution is 6.22. The third kappa shape index (κ3) is 3.57. The standard InChI is InChI=1S/C27H18F5NO7/c28-18-11(19(29)21(31)22(32)20(18)30)3-1-8-2-4-13(34)16-12(8)6-9-5-10-7-14(35)17(26(33)39)25(38)27(10,40)24(37)15(9)23(16)36/h1-4,9-10,34,36,38,40H,5-7H2,(H2,33,39)/b3-1+. The van der Waals surface area contributed by atoms with Crippen LogP contribution in [0.3, 0.4) is 0 Å². The average molecular weight is 563 g/mol. The predicted molar refractivity (Wildman–Crippen MR) is 127 cm³/mol. The molecule has 0 bridgehead atoms. The summed E-state index contributed by atoms with van der Waals surface area (Å²) in [5.74, 6) is -19.0. The maximum absolute atomic E-state index is 14.2. The van der Waals surface area contributed by atoms with Gasteiger partial charge in [0.25, 0.3) is 5.91 Å². The summed E-state index contributed by atoms with van der Waals surface area (Å²) in [6.45, 7) is 0. The number of aliphatic hydroxyl groups is 3. The zero-order valence-electron chi connectivity index (χ0n) is 20.1. The van der Waals surface area contributed by atoms with Gasteiger partial charge in [0.2, 0.25) is 11.6 Å². The van der Waals surface area contributed by atoms with Crippen LogP contribution in [0.5, 0.6) is 5.75 Å². The van der Waals surface area contributed by atoms with E-state index in [1.54, 1.807) is 0 Å². The second-order valence-electron chi connectivity index (χ2n) is 9.75. The van der Waals surface area contributed by atoms with Crippen LogP contribution in [0.25, 0.3) is 17.9 Å². The van der Waals surface area contributed by atoms with E-state index in [9.17, 15) is 56.8 Å². The number of phenolic OH excluding ortho intramolecular Hbond substituents is 1. The molecule has 1 fully saturated rings. The molecule has 6 N–H and O–H groups in total. The number of amides is 1. The Labute approximate surface area is 221 Å². The van der Waals surface area contributed by atoms with Gasteiger partial charge in [0, 0.05) is 17.9 Å². The maximum atomic E-state index is 14.2. The molecule has 13 heteroatoms. The number of carbonyl (C=O) groups is 3. The Morgan fingerprint density at radius 1 is 0.925 bits per heavy atom. The van der Waals surface area contributed by atoms with Gasteiger partial charge in [-0.1, -0.05) is 12.1 Å². The molecule has 2 aromatic carbocycles. The van der Waals surface area contributed by atoms with Crippen LogP contribution < -0.4 is 5.73 Å². The summed E-state index contributed by atoms with van der Waals surface area (Å²) in [5, 5.41) is 43.4. The molecule has 1 amide bonds. The lowest BCUT2D eigenvalue weighted by atomic mass is 9.59. The smallest absolute Gasteiger partial charge is 0.255 e. The topological polar surface area (TPSA) is 158 Å². The van der Waals surface area contributed by atoms with E-state index in [2.05, 4.69) is 0 Å². The van der Waals surface area contributed by atoms with Crippen LogP contribution in [0.2, 0.25) is 0 Å². The van der Waals surface area contributed by atoms with Gasteiger partial charge in [0.05, 0.1) is 11.1 Å². The highest BCUT2D eigenvalue weighted by Gasteiger charge is 2.60. The summed E-state index contributed by atoms with van der Waals surface area (Å²) < 4.78 is 69.0. The zero-order chi connectivity index (χ0) is 29.4. The molecule has 3 atom stereocenters. The van der Waals surface area contributed by atoms with E-state index < -0.39 is 104 Å². The monoisotopic (exact) mass is 563 g/mol. The highest BCUT2D eigenvalue weighted by atomic mass is 19.2. The summed E-state index contributed by atoms with van der Waals surface area (Å²) in [5.41, 5.74) is -0.309. The van der Waals surface area contributed by atoms with Crippen molar-refractivity contribution in [3.63, 3.8) is 0 Å². The maximum Gasteiger partial charge on any atom is 0.255 e. The number of carbonyl (C=O) groups excluding carboxylic acids is 3. The molecular formula is C27H18F5NO7. The molecular weight excluding hydrogens is 545 g/mol. The van der Waals surface area contributed by atoms with Crippen molar-refractivity contribution in [1.29, 1.82) is 0 Å². The Hall–Kier alpha value is -4.52. The molecule has 208 valence electrons. The van der Waals surface area contributed by atoms with Gasteiger partial charge in [-0.15, -0.1) is 0 Å². The molecule has 1 saturated carbocycles. The average Bonchev–Trinajstić information content (AvgIpc) is 2.89. The third-order valence-corrected chi connectivity index (χ3v) is 7.66. The first-order valence-corrected chi connectivity index (χ1v) is 11.7. The SMILES string of the molecule is NC(=O)C1=C(O)C2(O)C(=O)C3=C(O)c4c(O)ccc(/C=C/c5c(F)c(F)c(F)c(F)c5F)c4CC3CC2CC1=O. The van der Waals surface area contributed by atoms with E-state index >= 15 is 0 Å². The van der Waals surface area contributed by atoms with Crippen molar-refractivity contribution in [1.82, 2.24) is 0 Å². The predicted octanol–water partition coefficient (Wildman–Crippen LogP) is 3.29. The number of fused-ring (bicyclic) bond motifs is 3. The number of aromatic hydroxyl groups is 1. The summed E-state index contributed by atoms with van der Waals surface area (Å²) in [6.07, 6.45) is 0.777. The highest BCUT2D eigenvalue weighted by Crippen LogP contribution is 2.52. The number of hydrogen-bond donors (Lipinski definition) is 5. The van der Waals surface area contributed by atoms with E-state index in [0.717, 1.165) is 12.1 Å². The van der Waals surface area contributed by atoms with Crippen molar-refractivity contribution >= 4 is 35.4 Å². The van der Waals surface area contributed by atoms with E-state index in [1.807, 2.05) is 0 Å². The minimum Gasteiger partial charge on any atom is -0.508 e. The fourth-order valence-corrected chi connectivity index (χ4v) is 5.74. The number of phenols is 1. The van der Waals surface area contributed by atoms with Gasteiger partial charge >= 0.3 is 0 Å². The van der Waals surface area contributed by atoms with E-state index in [4.69, 9.17) is 5.73 Å². The number of hydrogen-bond acceptors (Lipinski definition) is 7. The zero-order valence-corrected chi connectivity index (χ0v) is 20.1. The van der Waals surface area contributed by atoms with Crippen LogP contribution >= 0.6 is 0 Å². The van der Waals surface area contributed by atoms with Gasteiger partial charge in [-0.05, 0) is 42.0 Å². The molecule has 0 aromatic heterocycles. The lowest BCUT2D eigenvalue weighted by Gasteiger charge is -2.46. The van der Waals surface area contributed by atoms with Crippen LogP contribution in [0.15, 0.2) is 29.0 Å². The fraction of sp³-hybridized carbons (Fsp3) is 0.222. The molecule has 0 aliphatic heterocycles. The first-order chi connectivity index (χ1) is 18.7. The van der Waals surface area contributed by atoms with Crippen molar-refractivity contribution in [2.75, 3.05) is 0 Å². The van der Waals surface area contributed by atoms with E-state index in [-0.39, 0.29) is 29.5 Å². The lowest BCUT2D eigenvalue weighted by molar-refractivity contribution is -0.147. The van der Waals surface area contributed by atoms with E-state index in [1.165, 1.54) is 6.07 Å². The van der Waals surface area contributed by atoms with Gasteiger partial charge in [0.15, 0.2) is 34.7 Å². The minimum absolute atomic E-state index is 0.0779. The largest absolute Gasteiger partial charge is 0.508 e. The number of primary amides is 1. The van der Waals surface area contributed by atoms with Crippen molar-refractivity contribution in [3.05, 3.63) is 80.4 Å². The van der Waals surface area contributed by atoms with Gasteiger partial charge in [-0.25, -0.2) is 22.0 Å². The van der Waals surface area contributed by atoms with Crippen LogP contribution in [-0.2, 0) is 20.8 Å². The molecule has 5 rings (SSSR count). The Morgan fingerprint density at radius 2 is 1.52 bits per heavy atom. The lowest BCUT2D eigenvalue weighted by Crippen LogP contribution is -2.58. The van der Waals surface area contributed by atoms with Crippen molar-refractivity contribution < 1.29 is 56.8 Å². The molecule has 40 heavy (non-hydrogen) atoms. The molecule has 0 radical (unpaired) electrons. The molecule has 0 heterocycles. The number of nitrogens with two attached hydrogens (primary N) is 1. The van der Waals surface area contributed by atoms with Crippen LogP contribution in [-0.4, -0.2) is 43.5 Å². The molecule has 3 aliphatic rings. The molecule has 8 nitrogen and oxygen atoms in total. The van der Waals surface area contributed by atoms with Gasteiger partial charge < -0.3 is 26.2 Å². The fourth-order valence-electron chi connectivity index (χ4n) is 5.74. The second-order valence-corrected chi connectivity index (χ2v) is 9.75. The van der Waals surface area contributed by atoms with Crippen molar-refractivity contribution in [3.8, 4) is 5.75 Å². The number of ketones is 2. The Balaban J connectivity index is 1.64. The number of halogens is 5. The van der Waals surface area contributed by atoms with Crippen LogP contribution in [0, 0.1) is 40.9 Å². The summed E-state index contributed by atoms with van der Waals surface area (Å²) in [4.78, 5) is 37.6. The van der Waals surface area contributed by atoms with Gasteiger partial charge in [-0.3, -0.25) is 14.4 Å². The Morgan fingerprint density at radius 3 is 2.12 bits per heavy atom. The number of rotatable bonds is 3. The quantitative estimate of drug-likeness (QED) is 0.126. The normalized spacial score (nSPS) is 24.4. The molecule has 3 unspecified atom stereocenters. The summed E-state index contributed by atoms with van der Waals surface area (Å²) in [6, 6.07) is 2.29. The number of Topliss-reactive ketones (excluding diaryl/α,β-unsaturated/α-hetero) is 2. The number of aliphatic hydroxyl groups excluding tert-OH is 2. The van der Waals surface area contributed by atoms with Gasteiger partial charge in [0.1, 0.15) is 22.8 Å². The molecule has 2 aromatic rings. The third-order valence-electron chi connectivity index (χ3n) is 7.66. The second kappa shape index (κ2) is 9.01. The van der Waals surface area contributed by atoms with Crippen LogP contribution in [0.1, 0.15) is 35.1 Å². The van der Waals surface area contributed by atoms with Gasteiger partial charge in [-0.2, -0.15) is 0 Å². The van der Waals surface area contributed by atoms with Crippen LogP contribution in [0.4, 0.5) is 22.0 Å². The molecule has 3 aliphatic carbocycles. The summed E-state index contributed by atoms with van der Waals surface area (Å²) >= 11 is 0. The minimum atomic E-state index is -2.76. The summed E-state index contributed by atoms with van der Waals surface area (Å²) in [7, 11) is 0. The Kier molecular flexibility index (Phi) is 6.10. The first kappa shape index (κ1) is 27.1. The number of benzene rings is 2. The molecule has 0 spiro atoms. The van der Waals surface area contributed by atoms with Crippen molar-refractivity contribution in [2.45, 2.75) is 24.9 Å². The van der Waals surface area contributed by atoms with E-state index in [0.29, 0.717) is 6.08 Å². The molecule has 0 saturated heterocycles. The Bertz CT molecular complexity index is 1630. The van der Waals surface area contributed by atoms with Crippen molar-refractivity contribution in [2.24, 2.45) is 17.6 Å². The first-order valence-electron chi connectivity index (χ1n) is 11.7.